The highest BCUT2D eigenvalue weighted by molar-refractivity contribution is 5.41. The van der Waals surface area contributed by atoms with E-state index in [1.807, 2.05) is 0 Å². The molecule has 0 aliphatic rings. The normalized spacial score (nSPS) is 11.9. The average Bonchev–Trinajstić information content (AvgIpc) is 2.30. The molecular weight excluding hydrogens is 259 g/mol. The summed E-state index contributed by atoms with van der Waals surface area (Å²) in [4.78, 5) is 1.58. The maximum absolute atomic E-state index is 12.1. The van der Waals surface area contributed by atoms with E-state index < -0.39 is 12.6 Å². The van der Waals surface area contributed by atoms with Gasteiger partial charge in [0, 0.05) is 13.1 Å². The van der Waals surface area contributed by atoms with Crippen LogP contribution in [0.25, 0.3) is 0 Å². The molecular formula is C13H18F3NO2. The molecule has 0 heterocycles. The van der Waals surface area contributed by atoms with E-state index in [9.17, 15) is 18.3 Å². The Hall–Kier alpha value is -1.43. The summed E-state index contributed by atoms with van der Waals surface area (Å²) in [5.74, 6) is 0.382. The summed E-state index contributed by atoms with van der Waals surface area (Å²) in [7, 11) is 1.62. The second-order valence-corrected chi connectivity index (χ2v) is 4.34. The van der Waals surface area contributed by atoms with Gasteiger partial charge in [0.05, 0.1) is 13.0 Å². The fourth-order valence-electron chi connectivity index (χ4n) is 1.64. The Morgan fingerprint density at radius 1 is 1.32 bits per heavy atom. The van der Waals surface area contributed by atoms with Gasteiger partial charge in [-0.15, -0.1) is 0 Å². The largest absolute Gasteiger partial charge is 0.504 e. The lowest BCUT2D eigenvalue weighted by Gasteiger charge is -2.18. The first-order chi connectivity index (χ1) is 8.81. The number of alkyl halides is 3. The Bertz CT molecular complexity index is 407. The molecule has 19 heavy (non-hydrogen) atoms. The van der Waals surface area contributed by atoms with E-state index in [1.165, 1.54) is 6.07 Å². The first-order valence-electron chi connectivity index (χ1n) is 6.02. The Labute approximate surface area is 110 Å². The number of hydrogen-bond acceptors (Lipinski definition) is 3. The lowest BCUT2D eigenvalue weighted by atomic mass is 10.2. The zero-order valence-corrected chi connectivity index (χ0v) is 11.0. The molecule has 0 aliphatic carbocycles. The van der Waals surface area contributed by atoms with E-state index in [0.29, 0.717) is 18.9 Å². The van der Waals surface area contributed by atoms with Gasteiger partial charge in [-0.2, -0.15) is 13.2 Å². The summed E-state index contributed by atoms with van der Waals surface area (Å²) in [6.45, 7) is 2.52. The van der Waals surface area contributed by atoms with Crippen molar-refractivity contribution in [1.29, 1.82) is 0 Å². The predicted octanol–water partition coefficient (Wildman–Crippen LogP) is 3.18. The number of benzene rings is 1. The molecule has 0 saturated carbocycles. The van der Waals surface area contributed by atoms with Gasteiger partial charge in [-0.25, -0.2) is 0 Å². The molecule has 6 heteroatoms. The van der Waals surface area contributed by atoms with Crippen LogP contribution in [0.2, 0.25) is 0 Å². The van der Waals surface area contributed by atoms with E-state index in [4.69, 9.17) is 4.74 Å². The van der Waals surface area contributed by atoms with Crippen molar-refractivity contribution in [1.82, 2.24) is 4.90 Å². The van der Waals surface area contributed by atoms with Gasteiger partial charge in [0.15, 0.2) is 11.5 Å². The van der Waals surface area contributed by atoms with Gasteiger partial charge < -0.3 is 14.7 Å². The van der Waals surface area contributed by atoms with E-state index >= 15 is 0 Å². The van der Waals surface area contributed by atoms with Gasteiger partial charge in [0.2, 0.25) is 0 Å². The lowest BCUT2D eigenvalue weighted by molar-refractivity contribution is -0.137. The van der Waals surface area contributed by atoms with E-state index in [-0.39, 0.29) is 12.3 Å². The van der Waals surface area contributed by atoms with E-state index in [1.54, 1.807) is 31.0 Å². The molecule has 0 atom stereocenters. The third-order valence-electron chi connectivity index (χ3n) is 2.55. The smallest absolute Gasteiger partial charge is 0.390 e. The Balaban J connectivity index is 2.59. The first kappa shape index (κ1) is 15.6. The Morgan fingerprint density at radius 2 is 2.00 bits per heavy atom. The number of rotatable bonds is 6. The molecule has 1 aromatic carbocycles. The van der Waals surface area contributed by atoms with Crippen molar-refractivity contribution in [2.45, 2.75) is 26.1 Å². The minimum atomic E-state index is -4.14. The van der Waals surface area contributed by atoms with Crippen molar-refractivity contribution >= 4 is 0 Å². The maximum atomic E-state index is 12.1. The molecule has 0 aliphatic heterocycles. The molecule has 0 saturated heterocycles. The predicted molar refractivity (Wildman–Crippen MR) is 66.3 cm³/mol. The van der Waals surface area contributed by atoms with Crippen molar-refractivity contribution in [3.05, 3.63) is 23.8 Å². The second kappa shape index (κ2) is 6.65. The summed E-state index contributed by atoms with van der Waals surface area (Å²) in [5.41, 5.74) is 0.797. The van der Waals surface area contributed by atoms with Gasteiger partial charge in [-0.3, -0.25) is 0 Å². The standard InChI is InChI=1S/C13H18F3NO2/c1-3-19-12-8-10(4-5-11(12)18)9-17(2)7-6-13(14,15)16/h4-5,8,18H,3,6-7,9H2,1-2H3. The minimum absolute atomic E-state index is 0.0311. The molecule has 0 radical (unpaired) electrons. The molecule has 3 nitrogen and oxygen atoms in total. The summed E-state index contributed by atoms with van der Waals surface area (Å²) >= 11 is 0. The highest BCUT2D eigenvalue weighted by Crippen LogP contribution is 2.27. The number of phenols is 1. The number of ether oxygens (including phenoxy) is 1. The maximum Gasteiger partial charge on any atom is 0.390 e. The van der Waals surface area contributed by atoms with Crippen LogP contribution in [-0.4, -0.2) is 36.4 Å². The van der Waals surface area contributed by atoms with Crippen molar-refractivity contribution < 1.29 is 23.0 Å². The van der Waals surface area contributed by atoms with Crippen LogP contribution in [-0.2, 0) is 6.54 Å². The van der Waals surface area contributed by atoms with Crippen molar-refractivity contribution in [2.24, 2.45) is 0 Å². The number of hydrogen-bond donors (Lipinski definition) is 1. The zero-order valence-electron chi connectivity index (χ0n) is 11.0. The van der Waals surface area contributed by atoms with Crippen molar-refractivity contribution in [3.8, 4) is 11.5 Å². The third kappa shape index (κ3) is 5.83. The fourth-order valence-corrected chi connectivity index (χ4v) is 1.64. The van der Waals surface area contributed by atoms with Gasteiger partial charge in [0.25, 0.3) is 0 Å². The summed E-state index contributed by atoms with van der Waals surface area (Å²) in [5, 5.41) is 9.52. The average molecular weight is 277 g/mol. The van der Waals surface area contributed by atoms with Crippen LogP contribution in [0.3, 0.4) is 0 Å². The lowest BCUT2D eigenvalue weighted by Crippen LogP contribution is -2.24. The highest BCUT2D eigenvalue weighted by Gasteiger charge is 2.27. The molecule has 0 bridgehead atoms. The molecule has 108 valence electrons. The minimum Gasteiger partial charge on any atom is -0.504 e. The highest BCUT2D eigenvalue weighted by atomic mass is 19.4. The van der Waals surface area contributed by atoms with Gasteiger partial charge in [-0.1, -0.05) is 6.07 Å². The van der Waals surface area contributed by atoms with E-state index in [2.05, 4.69) is 0 Å². The first-order valence-corrected chi connectivity index (χ1v) is 6.02. The molecule has 1 aromatic rings. The summed E-state index contributed by atoms with van der Waals surface area (Å²) in [6.07, 6.45) is -4.97. The van der Waals surface area contributed by atoms with Crippen LogP contribution in [0.1, 0.15) is 18.9 Å². The summed E-state index contributed by atoms with van der Waals surface area (Å²) in [6, 6.07) is 4.79. The van der Waals surface area contributed by atoms with Gasteiger partial charge in [0.1, 0.15) is 0 Å². The quantitative estimate of drug-likeness (QED) is 0.867. The topological polar surface area (TPSA) is 32.7 Å². The van der Waals surface area contributed by atoms with Crippen molar-refractivity contribution in [2.75, 3.05) is 20.2 Å². The summed E-state index contributed by atoms with van der Waals surface area (Å²) < 4.78 is 41.5. The van der Waals surface area contributed by atoms with Crippen LogP contribution in [0.4, 0.5) is 13.2 Å². The molecule has 0 amide bonds. The molecule has 0 unspecified atom stereocenters. The zero-order chi connectivity index (χ0) is 14.5. The molecule has 0 fully saturated rings. The molecule has 0 spiro atoms. The van der Waals surface area contributed by atoms with E-state index in [0.717, 1.165) is 5.56 Å². The SMILES string of the molecule is CCOc1cc(CN(C)CCC(F)(F)F)ccc1O. The number of halogens is 3. The molecule has 1 rings (SSSR count). The van der Waals surface area contributed by atoms with Crippen LogP contribution in [0.5, 0.6) is 11.5 Å². The fraction of sp³-hybridized carbons (Fsp3) is 0.538. The second-order valence-electron chi connectivity index (χ2n) is 4.34. The van der Waals surface area contributed by atoms with Crippen LogP contribution in [0.15, 0.2) is 18.2 Å². The molecule has 1 N–H and O–H groups in total. The molecule has 0 aromatic heterocycles. The number of phenolic OH excluding ortho intramolecular Hbond substituents is 1. The van der Waals surface area contributed by atoms with Gasteiger partial charge in [-0.05, 0) is 31.7 Å². The monoisotopic (exact) mass is 277 g/mol. The Morgan fingerprint density at radius 3 is 2.58 bits per heavy atom. The van der Waals surface area contributed by atoms with Crippen LogP contribution in [0, 0.1) is 0 Å². The van der Waals surface area contributed by atoms with Crippen molar-refractivity contribution in [3.63, 3.8) is 0 Å². The van der Waals surface area contributed by atoms with Gasteiger partial charge >= 0.3 is 6.18 Å². The van der Waals surface area contributed by atoms with Crippen LogP contribution >= 0.6 is 0 Å². The Kier molecular flexibility index (Phi) is 5.47. The van der Waals surface area contributed by atoms with Crippen LogP contribution < -0.4 is 4.74 Å². The third-order valence-corrected chi connectivity index (χ3v) is 2.55. The number of nitrogens with zero attached hydrogens (tertiary/aromatic N) is 1. The number of aromatic hydroxyl groups is 1.